The molecule has 5 heteroatoms. The van der Waals surface area contributed by atoms with Crippen LogP contribution in [0.25, 0.3) is 0 Å². The van der Waals surface area contributed by atoms with Gasteiger partial charge in [0, 0.05) is 42.2 Å². The van der Waals surface area contributed by atoms with E-state index >= 15 is 0 Å². The minimum Gasteiger partial charge on any atom is -0.398 e. The lowest BCUT2D eigenvalue weighted by Gasteiger charge is -2.08. The number of thioether (sulfide) groups is 1. The minimum absolute atomic E-state index is 0.0590. The van der Waals surface area contributed by atoms with Gasteiger partial charge in [-0.2, -0.15) is 0 Å². The highest BCUT2D eigenvalue weighted by Gasteiger charge is 2.07. The van der Waals surface area contributed by atoms with Gasteiger partial charge in [-0.15, -0.1) is 11.8 Å². The summed E-state index contributed by atoms with van der Waals surface area (Å²) in [7, 11) is 1.69. The normalized spacial score (nSPS) is 10.3. The fourth-order valence-corrected chi connectivity index (χ4v) is 2.38. The number of anilines is 1. The maximum Gasteiger partial charge on any atom is 0.251 e. The first-order valence-corrected chi connectivity index (χ1v) is 6.97. The number of benzene rings is 1. The summed E-state index contributed by atoms with van der Waals surface area (Å²) >= 11 is 1.65. The zero-order valence-electron chi connectivity index (χ0n) is 10.9. The van der Waals surface area contributed by atoms with Gasteiger partial charge < -0.3 is 15.8 Å². The molecule has 1 rings (SSSR count). The predicted octanol–water partition coefficient (Wildman–Crippen LogP) is 2.15. The second kappa shape index (κ2) is 8.00. The van der Waals surface area contributed by atoms with Crippen molar-refractivity contribution in [3.8, 4) is 0 Å². The molecule has 0 aromatic heterocycles. The van der Waals surface area contributed by atoms with Gasteiger partial charge in [-0.05, 0) is 31.5 Å². The number of nitrogens with one attached hydrogen (secondary N) is 1. The van der Waals surface area contributed by atoms with Crippen molar-refractivity contribution in [2.75, 3.05) is 31.7 Å². The van der Waals surface area contributed by atoms with Gasteiger partial charge in [-0.25, -0.2) is 0 Å². The molecule has 1 aromatic rings. The van der Waals surface area contributed by atoms with Crippen molar-refractivity contribution < 1.29 is 9.53 Å². The molecule has 0 fully saturated rings. The van der Waals surface area contributed by atoms with Crippen LogP contribution in [0.3, 0.4) is 0 Å². The van der Waals surface area contributed by atoms with E-state index in [0.29, 0.717) is 17.8 Å². The summed E-state index contributed by atoms with van der Waals surface area (Å²) in [5.41, 5.74) is 7.26. The maximum absolute atomic E-state index is 11.7. The van der Waals surface area contributed by atoms with Gasteiger partial charge in [0.1, 0.15) is 0 Å². The molecule has 0 saturated carbocycles. The number of carbonyl (C=O) groups is 1. The van der Waals surface area contributed by atoms with Crippen LogP contribution in [0, 0.1) is 0 Å². The number of nitrogens with two attached hydrogens (primary N) is 1. The molecule has 0 aliphatic rings. The summed E-state index contributed by atoms with van der Waals surface area (Å²) in [6.45, 7) is 3.26. The second-order valence-corrected chi connectivity index (χ2v) is 4.94. The second-order valence-electron chi connectivity index (χ2n) is 3.81. The smallest absolute Gasteiger partial charge is 0.251 e. The molecule has 4 nitrogen and oxygen atoms in total. The number of carbonyl (C=O) groups excluding carboxylic acids is 1. The molecule has 100 valence electrons. The molecule has 0 aliphatic heterocycles. The Kier molecular flexibility index (Phi) is 6.60. The molecule has 1 aromatic carbocycles. The van der Waals surface area contributed by atoms with Crippen LogP contribution < -0.4 is 11.1 Å². The Morgan fingerprint density at radius 3 is 2.94 bits per heavy atom. The topological polar surface area (TPSA) is 64.4 Å². The largest absolute Gasteiger partial charge is 0.398 e. The standard InChI is InChI=1S/C13H20N2O2S/c1-3-15-13(16)10-5-6-11(14)12(9-10)18-8-4-7-17-2/h5-6,9H,3-4,7-8,14H2,1-2H3,(H,15,16). The van der Waals surface area contributed by atoms with E-state index in [1.54, 1.807) is 31.0 Å². The molecule has 18 heavy (non-hydrogen) atoms. The quantitative estimate of drug-likeness (QED) is 0.452. The van der Waals surface area contributed by atoms with E-state index < -0.39 is 0 Å². The Hall–Kier alpha value is -1.20. The monoisotopic (exact) mass is 268 g/mol. The molecule has 0 spiro atoms. The maximum atomic E-state index is 11.7. The van der Waals surface area contributed by atoms with Crippen LogP contribution in [0.5, 0.6) is 0 Å². The molecule has 0 aliphatic carbocycles. The molecular formula is C13H20N2O2S. The molecule has 3 N–H and O–H groups in total. The zero-order chi connectivity index (χ0) is 13.4. The van der Waals surface area contributed by atoms with Crippen molar-refractivity contribution in [1.82, 2.24) is 5.32 Å². The van der Waals surface area contributed by atoms with Crippen LogP contribution in [-0.4, -0.2) is 31.9 Å². The average molecular weight is 268 g/mol. The third-order valence-electron chi connectivity index (χ3n) is 2.36. The van der Waals surface area contributed by atoms with E-state index in [-0.39, 0.29) is 5.91 Å². The lowest BCUT2D eigenvalue weighted by Crippen LogP contribution is -2.22. The molecule has 1 amide bonds. The third-order valence-corrected chi connectivity index (χ3v) is 3.52. The van der Waals surface area contributed by atoms with Crippen molar-refractivity contribution in [2.45, 2.75) is 18.2 Å². The van der Waals surface area contributed by atoms with E-state index in [9.17, 15) is 4.79 Å². The van der Waals surface area contributed by atoms with Crippen LogP contribution in [0.4, 0.5) is 5.69 Å². The van der Waals surface area contributed by atoms with E-state index in [2.05, 4.69) is 5.32 Å². The van der Waals surface area contributed by atoms with Crippen molar-refractivity contribution >= 4 is 23.4 Å². The summed E-state index contributed by atoms with van der Waals surface area (Å²) in [6.07, 6.45) is 0.964. The molecule has 0 heterocycles. The lowest BCUT2D eigenvalue weighted by molar-refractivity contribution is 0.0955. The van der Waals surface area contributed by atoms with Gasteiger partial charge in [0.2, 0.25) is 0 Å². The van der Waals surface area contributed by atoms with E-state index in [4.69, 9.17) is 10.5 Å². The highest BCUT2D eigenvalue weighted by atomic mass is 32.2. The predicted molar refractivity (Wildman–Crippen MR) is 76.1 cm³/mol. The number of hydrogen-bond acceptors (Lipinski definition) is 4. The highest BCUT2D eigenvalue weighted by molar-refractivity contribution is 7.99. The molecule has 0 bridgehead atoms. The number of methoxy groups -OCH3 is 1. The fourth-order valence-electron chi connectivity index (χ4n) is 1.45. The molecule has 0 saturated heterocycles. The summed E-state index contributed by atoms with van der Waals surface area (Å²) in [5.74, 6) is 0.868. The first-order chi connectivity index (χ1) is 8.69. The number of rotatable bonds is 7. The van der Waals surface area contributed by atoms with Crippen LogP contribution in [0.1, 0.15) is 23.7 Å². The van der Waals surface area contributed by atoms with Crippen LogP contribution >= 0.6 is 11.8 Å². The van der Waals surface area contributed by atoms with Gasteiger partial charge in [-0.3, -0.25) is 4.79 Å². The molecular weight excluding hydrogens is 248 g/mol. The van der Waals surface area contributed by atoms with Crippen molar-refractivity contribution in [3.63, 3.8) is 0 Å². The Balaban J connectivity index is 2.66. The number of nitrogen functional groups attached to an aromatic ring is 1. The van der Waals surface area contributed by atoms with Crippen LogP contribution in [0.15, 0.2) is 23.1 Å². The van der Waals surface area contributed by atoms with Gasteiger partial charge >= 0.3 is 0 Å². The van der Waals surface area contributed by atoms with Gasteiger partial charge in [0.15, 0.2) is 0 Å². The van der Waals surface area contributed by atoms with E-state index in [0.717, 1.165) is 23.7 Å². The third kappa shape index (κ3) is 4.58. The Morgan fingerprint density at radius 2 is 2.28 bits per heavy atom. The van der Waals surface area contributed by atoms with Crippen molar-refractivity contribution in [3.05, 3.63) is 23.8 Å². The number of hydrogen-bond donors (Lipinski definition) is 2. The highest BCUT2D eigenvalue weighted by Crippen LogP contribution is 2.26. The van der Waals surface area contributed by atoms with Crippen LogP contribution in [-0.2, 0) is 4.74 Å². The lowest BCUT2D eigenvalue weighted by atomic mass is 10.2. The van der Waals surface area contributed by atoms with E-state index in [1.807, 2.05) is 13.0 Å². The summed E-state index contributed by atoms with van der Waals surface area (Å²) < 4.78 is 5.00. The summed E-state index contributed by atoms with van der Waals surface area (Å²) in [5, 5.41) is 2.78. The summed E-state index contributed by atoms with van der Waals surface area (Å²) in [4.78, 5) is 12.7. The van der Waals surface area contributed by atoms with Crippen molar-refractivity contribution in [1.29, 1.82) is 0 Å². The molecule has 0 unspecified atom stereocenters. The van der Waals surface area contributed by atoms with E-state index in [1.165, 1.54) is 0 Å². The first kappa shape index (κ1) is 14.9. The molecule has 0 radical (unpaired) electrons. The SMILES string of the molecule is CCNC(=O)c1ccc(N)c(SCCCOC)c1. The van der Waals surface area contributed by atoms with Gasteiger partial charge in [-0.1, -0.05) is 0 Å². The zero-order valence-corrected chi connectivity index (χ0v) is 11.7. The van der Waals surface area contributed by atoms with Gasteiger partial charge in [0.25, 0.3) is 5.91 Å². The Bertz CT molecular complexity index is 397. The van der Waals surface area contributed by atoms with Gasteiger partial charge in [0.05, 0.1) is 0 Å². The Labute approximate surface area is 112 Å². The molecule has 0 atom stereocenters. The number of ether oxygens (including phenoxy) is 1. The average Bonchev–Trinajstić information content (AvgIpc) is 2.37. The summed E-state index contributed by atoms with van der Waals surface area (Å²) in [6, 6.07) is 5.38. The van der Waals surface area contributed by atoms with Crippen LogP contribution in [0.2, 0.25) is 0 Å². The number of amides is 1. The Morgan fingerprint density at radius 1 is 1.50 bits per heavy atom. The fraction of sp³-hybridized carbons (Fsp3) is 0.462. The minimum atomic E-state index is -0.0590. The first-order valence-electron chi connectivity index (χ1n) is 5.98. The van der Waals surface area contributed by atoms with Crippen molar-refractivity contribution in [2.24, 2.45) is 0 Å².